The zero-order valence-corrected chi connectivity index (χ0v) is 8.90. The Labute approximate surface area is 89.0 Å². The molecule has 88 valence electrons. The molecule has 0 heterocycles. The number of nitrogens with two attached hydrogens (primary N) is 2. The Bertz CT molecular complexity index is 221. The van der Waals surface area contributed by atoms with E-state index in [-0.39, 0.29) is 6.42 Å². The quantitative estimate of drug-likeness (QED) is 0.382. The van der Waals surface area contributed by atoms with Gasteiger partial charge in [-0.1, -0.05) is 13.3 Å². The Hall–Kier alpha value is -1.14. The Morgan fingerprint density at radius 2 is 2.00 bits per heavy atom. The summed E-state index contributed by atoms with van der Waals surface area (Å²) in [5.74, 6) is -1.32. The second-order valence-electron chi connectivity index (χ2n) is 3.45. The van der Waals surface area contributed by atoms with Crippen LogP contribution in [0, 0.1) is 0 Å². The molecule has 0 radical (unpaired) electrons. The summed E-state index contributed by atoms with van der Waals surface area (Å²) in [6.07, 6.45) is 1.26. The van der Waals surface area contributed by atoms with Gasteiger partial charge in [-0.05, 0) is 12.8 Å². The molecule has 0 aliphatic carbocycles. The summed E-state index contributed by atoms with van der Waals surface area (Å²) in [6, 6.07) is -0.894. The fourth-order valence-electron chi connectivity index (χ4n) is 1.16. The number of nitrogens with one attached hydrogen (secondary N) is 1. The predicted molar refractivity (Wildman–Crippen MR) is 55.5 cm³/mol. The summed E-state index contributed by atoms with van der Waals surface area (Å²) in [6.45, 7) is 1.99. The van der Waals surface area contributed by atoms with E-state index in [0.717, 1.165) is 12.8 Å². The number of carbonyl (C=O) groups is 2. The summed E-state index contributed by atoms with van der Waals surface area (Å²) in [5.41, 5.74) is 9.98. The van der Waals surface area contributed by atoms with Crippen LogP contribution in [0.25, 0.3) is 0 Å². The van der Waals surface area contributed by atoms with Gasteiger partial charge < -0.3 is 16.6 Å². The maximum absolute atomic E-state index is 10.9. The topological polar surface area (TPSA) is 118 Å². The number of aliphatic hydroxyl groups is 1. The zero-order valence-electron chi connectivity index (χ0n) is 8.90. The molecule has 6 nitrogen and oxygen atoms in total. The van der Waals surface area contributed by atoms with E-state index in [0.29, 0.717) is 6.42 Å². The maximum Gasteiger partial charge on any atom is 0.235 e. The highest BCUT2D eigenvalue weighted by Crippen LogP contribution is 2.00. The van der Waals surface area contributed by atoms with Gasteiger partial charge in [0, 0.05) is 0 Å². The SMILES string of the molecule is CCCCC(O)NC(CC(N)=O)C(N)=O. The van der Waals surface area contributed by atoms with Crippen molar-refractivity contribution in [1.29, 1.82) is 0 Å². The van der Waals surface area contributed by atoms with E-state index in [9.17, 15) is 14.7 Å². The number of hydrogen-bond donors (Lipinski definition) is 4. The van der Waals surface area contributed by atoms with Gasteiger partial charge in [0.25, 0.3) is 0 Å². The number of carbonyl (C=O) groups excluding carboxylic acids is 2. The minimum atomic E-state index is -0.894. The Morgan fingerprint density at radius 1 is 1.40 bits per heavy atom. The first kappa shape index (κ1) is 13.9. The lowest BCUT2D eigenvalue weighted by molar-refractivity contribution is -0.126. The molecule has 0 saturated heterocycles. The molecular weight excluding hydrogens is 198 g/mol. The van der Waals surface area contributed by atoms with Crippen molar-refractivity contribution in [1.82, 2.24) is 5.32 Å². The van der Waals surface area contributed by atoms with Gasteiger partial charge in [0.1, 0.15) is 6.23 Å². The Balaban J connectivity index is 4.04. The van der Waals surface area contributed by atoms with Gasteiger partial charge in [0.15, 0.2) is 0 Å². The Kier molecular flexibility index (Phi) is 6.64. The highest BCUT2D eigenvalue weighted by atomic mass is 16.3. The van der Waals surface area contributed by atoms with Crippen LogP contribution in [0.3, 0.4) is 0 Å². The summed E-state index contributed by atoms with van der Waals surface area (Å²) in [5, 5.41) is 12.0. The van der Waals surface area contributed by atoms with Crippen LogP contribution in [0.2, 0.25) is 0 Å². The van der Waals surface area contributed by atoms with E-state index in [1.807, 2.05) is 6.92 Å². The van der Waals surface area contributed by atoms with Crippen LogP contribution >= 0.6 is 0 Å². The number of amides is 2. The summed E-state index contributed by atoms with van der Waals surface area (Å²) in [4.78, 5) is 21.5. The third kappa shape index (κ3) is 6.87. The second kappa shape index (κ2) is 7.19. The largest absolute Gasteiger partial charge is 0.379 e. The maximum atomic E-state index is 10.9. The molecule has 2 amide bonds. The number of hydrogen-bond acceptors (Lipinski definition) is 4. The minimum absolute atomic E-state index is 0.196. The van der Waals surface area contributed by atoms with Crippen LogP contribution in [0.1, 0.15) is 32.6 Å². The van der Waals surface area contributed by atoms with E-state index in [1.54, 1.807) is 0 Å². The van der Waals surface area contributed by atoms with Crippen LogP contribution in [-0.2, 0) is 9.59 Å². The number of aliphatic hydroxyl groups excluding tert-OH is 1. The van der Waals surface area contributed by atoms with Crippen LogP contribution < -0.4 is 16.8 Å². The van der Waals surface area contributed by atoms with Gasteiger partial charge in [0.2, 0.25) is 11.8 Å². The van der Waals surface area contributed by atoms with Gasteiger partial charge in [-0.2, -0.15) is 0 Å². The molecule has 0 saturated carbocycles. The van der Waals surface area contributed by atoms with Gasteiger partial charge in [-0.3, -0.25) is 14.9 Å². The monoisotopic (exact) mass is 217 g/mol. The van der Waals surface area contributed by atoms with E-state index < -0.39 is 24.1 Å². The molecule has 15 heavy (non-hydrogen) atoms. The molecule has 0 aliphatic rings. The lowest BCUT2D eigenvalue weighted by atomic mass is 10.1. The molecule has 0 spiro atoms. The average molecular weight is 217 g/mol. The first-order valence-corrected chi connectivity index (χ1v) is 4.99. The molecule has 0 aromatic rings. The third-order valence-electron chi connectivity index (χ3n) is 1.97. The summed E-state index contributed by atoms with van der Waals surface area (Å²) >= 11 is 0. The van der Waals surface area contributed by atoms with Crippen molar-refractivity contribution in [2.75, 3.05) is 0 Å². The molecule has 0 aromatic heterocycles. The van der Waals surface area contributed by atoms with Crippen LogP contribution in [0.4, 0.5) is 0 Å². The highest BCUT2D eigenvalue weighted by molar-refractivity contribution is 5.86. The second-order valence-corrected chi connectivity index (χ2v) is 3.45. The van der Waals surface area contributed by atoms with Crippen LogP contribution in [0.5, 0.6) is 0 Å². The summed E-state index contributed by atoms with van der Waals surface area (Å²) < 4.78 is 0. The van der Waals surface area contributed by atoms with Gasteiger partial charge in [-0.25, -0.2) is 0 Å². The number of primary amides is 2. The standard InChI is InChI=1S/C9H19N3O3/c1-2-3-4-8(14)12-6(9(11)15)5-7(10)13/h6,8,12,14H,2-5H2,1H3,(H2,10,13)(H2,11,15). The lowest BCUT2D eigenvalue weighted by Gasteiger charge is -2.18. The van der Waals surface area contributed by atoms with E-state index in [1.165, 1.54) is 0 Å². The van der Waals surface area contributed by atoms with Crippen molar-refractivity contribution in [2.45, 2.75) is 44.9 Å². The molecule has 0 fully saturated rings. The molecule has 0 bridgehead atoms. The van der Waals surface area contributed by atoms with Crippen molar-refractivity contribution < 1.29 is 14.7 Å². The van der Waals surface area contributed by atoms with Crippen molar-refractivity contribution in [3.63, 3.8) is 0 Å². The van der Waals surface area contributed by atoms with Crippen LogP contribution in [0.15, 0.2) is 0 Å². The Morgan fingerprint density at radius 3 is 2.40 bits per heavy atom. The van der Waals surface area contributed by atoms with Gasteiger partial charge in [-0.15, -0.1) is 0 Å². The first-order valence-electron chi connectivity index (χ1n) is 4.99. The molecule has 2 atom stereocenters. The van der Waals surface area contributed by atoms with Crippen molar-refractivity contribution >= 4 is 11.8 Å². The smallest absolute Gasteiger partial charge is 0.235 e. The van der Waals surface area contributed by atoms with Crippen molar-refractivity contribution in [3.8, 4) is 0 Å². The molecular formula is C9H19N3O3. The minimum Gasteiger partial charge on any atom is -0.379 e. The molecule has 0 aliphatic heterocycles. The van der Waals surface area contributed by atoms with Crippen molar-refractivity contribution in [3.05, 3.63) is 0 Å². The average Bonchev–Trinajstić information content (AvgIpc) is 2.12. The van der Waals surface area contributed by atoms with Gasteiger partial charge >= 0.3 is 0 Å². The summed E-state index contributed by atoms with van der Waals surface area (Å²) in [7, 11) is 0. The number of unbranched alkanes of at least 4 members (excludes halogenated alkanes) is 1. The number of rotatable bonds is 8. The van der Waals surface area contributed by atoms with E-state index in [2.05, 4.69) is 5.32 Å². The lowest BCUT2D eigenvalue weighted by Crippen LogP contribution is -2.48. The molecule has 2 unspecified atom stereocenters. The molecule has 0 rings (SSSR count). The highest BCUT2D eigenvalue weighted by Gasteiger charge is 2.20. The fraction of sp³-hybridized carbons (Fsp3) is 0.778. The molecule has 6 heteroatoms. The predicted octanol–water partition coefficient (Wildman–Crippen LogP) is -1.19. The zero-order chi connectivity index (χ0) is 11.8. The first-order chi connectivity index (χ1) is 6.97. The molecule has 6 N–H and O–H groups in total. The van der Waals surface area contributed by atoms with Crippen LogP contribution in [-0.4, -0.2) is 29.2 Å². The van der Waals surface area contributed by atoms with E-state index >= 15 is 0 Å². The molecule has 0 aromatic carbocycles. The van der Waals surface area contributed by atoms with E-state index in [4.69, 9.17) is 11.5 Å². The third-order valence-corrected chi connectivity index (χ3v) is 1.97. The van der Waals surface area contributed by atoms with Gasteiger partial charge in [0.05, 0.1) is 12.5 Å². The van der Waals surface area contributed by atoms with Crippen molar-refractivity contribution in [2.24, 2.45) is 11.5 Å². The fourth-order valence-corrected chi connectivity index (χ4v) is 1.16. The normalized spacial score (nSPS) is 14.5.